The number of benzene rings is 2. The number of guanidine groups is 1. The summed E-state index contributed by atoms with van der Waals surface area (Å²) in [6.07, 6.45) is -4.74. The zero-order valence-corrected chi connectivity index (χ0v) is 15.9. The number of ether oxygens (including phenoxy) is 2. The number of hydrogen-bond acceptors (Lipinski definition) is 4. The van der Waals surface area contributed by atoms with Gasteiger partial charge in [-0.3, -0.25) is 0 Å². The van der Waals surface area contributed by atoms with Crippen molar-refractivity contribution in [3.05, 3.63) is 48.0 Å². The Balaban J connectivity index is 0.00000338. The Hall–Kier alpha value is -2.37. The number of hydrogen-bond donors (Lipinski definition) is 3. The van der Waals surface area contributed by atoms with Crippen LogP contribution in [0.15, 0.2) is 47.5 Å². The smallest absolute Gasteiger partial charge is 0.508 e. The van der Waals surface area contributed by atoms with E-state index >= 15 is 0 Å². The summed E-state index contributed by atoms with van der Waals surface area (Å²) in [5.41, 5.74) is 6.68. The fourth-order valence-electron chi connectivity index (χ4n) is 1.91. The second-order valence-electron chi connectivity index (χ2n) is 4.89. The average molecular weight is 483 g/mol. The van der Waals surface area contributed by atoms with Gasteiger partial charge >= 0.3 is 6.36 Å². The lowest BCUT2D eigenvalue weighted by Crippen LogP contribution is -2.22. The zero-order chi connectivity index (χ0) is 18.4. The van der Waals surface area contributed by atoms with Crippen molar-refractivity contribution < 1.29 is 27.8 Å². The number of rotatable bonds is 5. The Bertz CT molecular complexity index is 753. The summed E-state index contributed by atoms with van der Waals surface area (Å²) in [4.78, 5) is 4.06. The first-order valence-electron chi connectivity index (χ1n) is 7.05. The Morgan fingerprint density at radius 2 is 1.77 bits per heavy atom. The van der Waals surface area contributed by atoms with Gasteiger partial charge in [0.25, 0.3) is 0 Å². The molecule has 26 heavy (non-hydrogen) atoms. The maximum Gasteiger partial charge on any atom is 0.573 e. The molecule has 0 spiro atoms. The van der Waals surface area contributed by atoms with Gasteiger partial charge in [0.05, 0.1) is 13.7 Å². The summed E-state index contributed by atoms with van der Waals surface area (Å²) in [6.45, 7) is 0.0944. The molecular formula is C16H17F3IN3O3. The van der Waals surface area contributed by atoms with E-state index in [1.54, 1.807) is 12.1 Å². The lowest BCUT2D eigenvalue weighted by atomic mass is 10.2. The first-order valence-corrected chi connectivity index (χ1v) is 7.05. The second-order valence-corrected chi connectivity index (χ2v) is 4.89. The summed E-state index contributed by atoms with van der Waals surface area (Å²) in [5, 5.41) is 12.5. The van der Waals surface area contributed by atoms with E-state index in [0.717, 1.165) is 12.1 Å². The van der Waals surface area contributed by atoms with Gasteiger partial charge in [-0.1, -0.05) is 0 Å². The Morgan fingerprint density at radius 1 is 1.15 bits per heavy atom. The highest BCUT2D eigenvalue weighted by atomic mass is 127. The molecule has 0 aliphatic rings. The molecule has 142 valence electrons. The third-order valence-electron chi connectivity index (χ3n) is 3.07. The van der Waals surface area contributed by atoms with Crippen LogP contribution in [-0.4, -0.2) is 24.5 Å². The number of anilines is 1. The molecule has 0 fully saturated rings. The number of aliphatic imine (C=N–C) groups is 1. The molecule has 0 aromatic heterocycles. The molecule has 0 amide bonds. The lowest BCUT2D eigenvalue weighted by molar-refractivity contribution is -0.274. The molecular weight excluding hydrogens is 466 g/mol. The first kappa shape index (κ1) is 21.7. The van der Waals surface area contributed by atoms with Crippen LogP contribution in [0.5, 0.6) is 17.2 Å². The predicted octanol–water partition coefficient (Wildman–Crippen LogP) is 3.84. The van der Waals surface area contributed by atoms with Crippen LogP contribution >= 0.6 is 24.0 Å². The fourth-order valence-corrected chi connectivity index (χ4v) is 1.91. The number of halogens is 4. The molecule has 2 aromatic carbocycles. The summed E-state index contributed by atoms with van der Waals surface area (Å²) in [6, 6.07) is 9.74. The number of alkyl halides is 3. The monoisotopic (exact) mass is 483 g/mol. The predicted molar refractivity (Wildman–Crippen MR) is 102 cm³/mol. The molecule has 0 radical (unpaired) electrons. The van der Waals surface area contributed by atoms with Crippen molar-refractivity contribution >= 4 is 35.6 Å². The molecule has 0 saturated carbocycles. The first-order chi connectivity index (χ1) is 11.8. The average Bonchev–Trinajstić information content (AvgIpc) is 2.54. The van der Waals surface area contributed by atoms with Gasteiger partial charge in [-0.05, 0) is 42.5 Å². The normalized spacial score (nSPS) is 11.5. The van der Waals surface area contributed by atoms with Gasteiger partial charge in [0.1, 0.15) is 17.2 Å². The van der Waals surface area contributed by atoms with E-state index in [9.17, 15) is 18.3 Å². The van der Waals surface area contributed by atoms with Crippen molar-refractivity contribution in [2.75, 3.05) is 12.4 Å². The topological polar surface area (TPSA) is 89.1 Å². The molecule has 10 heteroatoms. The Labute approximate surface area is 164 Å². The number of phenolic OH excluding ortho intramolecular Hbond substituents is 1. The van der Waals surface area contributed by atoms with E-state index < -0.39 is 6.36 Å². The van der Waals surface area contributed by atoms with E-state index in [1.807, 2.05) is 0 Å². The quantitative estimate of drug-likeness (QED) is 0.342. The van der Waals surface area contributed by atoms with Crippen LogP contribution < -0.4 is 20.5 Å². The van der Waals surface area contributed by atoms with E-state index in [-0.39, 0.29) is 48.0 Å². The standard InChI is InChI=1S/C16H16F3N3O3.HI/c1-24-13-6-7-14(23)10(8-13)9-21-15(20)22-11-2-4-12(5-3-11)25-16(17,18)19;/h2-8,23H,9H2,1H3,(H3,20,21,22);1H. The number of nitrogens with zero attached hydrogens (tertiary/aromatic N) is 1. The number of aromatic hydroxyl groups is 1. The third kappa shape index (κ3) is 6.86. The largest absolute Gasteiger partial charge is 0.573 e. The lowest BCUT2D eigenvalue weighted by Gasteiger charge is -2.10. The van der Waals surface area contributed by atoms with E-state index in [0.29, 0.717) is 17.0 Å². The third-order valence-corrected chi connectivity index (χ3v) is 3.07. The van der Waals surface area contributed by atoms with Crippen molar-refractivity contribution in [1.29, 1.82) is 0 Å². The molecule has 0 atom stereocenters. The Morgan fingerprint density at radius 3 is 2.35 bits per heavy atom. The van der Waals surface area contributed by atoms with Gasteiger partial charge in [0, 0.05) is 11.3 Å². The minimum Gasteiger partial charge on any atom is -0.508 e. The SMILES string of the molecule is COc1ccc(O)c(CN=C(N)Nc2ccc(OC(F)(F)F)cc2)c1.I. The van der Waals surface area contributed by atoms with Crippen molar-refractivity contribution in [2.45, 2.75) is 12.9 Å². The van der Waals surface area contributed by atoms with Gasteiger partial charge in [-0.2, -0.15) is 0 Å². The minimum atomic E-state index is -4.74. The molecule has 6 nitrogen and oxygen atoms in total. The number of nitrogens with two attached hydrogens (primary N) is 1. The summed E-state index contributed by atoms with van der Waals surface area (Å²) in [5.74, 6) is 0.308. The molecule has 4 N–H and O–H groups in total. The summed E-state index contributed by atoms with van der Waals surface area (Å²) < 4.78 is 45.1. The van der Waals surface area contributed by atoms with Crippen LogP contribution in [-0.2, 0) is 6.54 Å². The molecule has 0 unspecified atom stereocenters. The van der Waals surface area contributed by atoms with Crippen LogP contribution in [0, 0.1) is 0 Å². The van der Waals surface area contributed by atoms with Crippen LogP contribution in [0.4, 0.5) is 18.9 Å². The molecule has 2 aromatic rings. The maximum absolute atomic E-state index is 12.1. The molecule has 0 bridgehead atoms. The van der Waals surface area contributed by atoms with Gasteiger partial charge in [0.15, 0.2) is 5.96 Å². The van der Waals surface area contributed by atoms with E-state index in [4.69, 9.17) is 10.5 Å². The summed E-state index contributed by atoms with van der Waals surface area (Å²) in [7, 11) is 1.50. The van der Waals surface area contributed by atoms with Crippen molar-refractivity contribution in [2.24, 2.45) is 10.7 Å². The Kier molecular flexibility index (Phi) is 7.80. The van der Waals surface area contributed by atoms with Crippen LogP contribution in [0.1, 0.15) is 5.56 Å². The van der Waals surface area contributed by atoms with Gasteiger partial charge < -0.3 is 25.6 Å². The highest BCUT2D eigenvalue weighted by molar-refractivity contribution is 14.0. The van der Waals surface area contributed by atoms with Crippen LogP contribution in [0.3, 0.4) is 0 Å². The second kappa shape index (κ2) is 9.36. The maximum atomic E-state index is 12.1. The fraction of sp³-hybridized carbons (Fsp3) is 0.188. The molecule has 2 rings (SSSR count). The van der Waals surface area contributed by atoms with Crippen LogP contribution in [0.25, 0.3) is 0 Å². The number of nitrogens with one attached hydrogen (secondary N) is 1. The van der Waals surface area contributed by atoms with Gasteiger partial charge in [-0.25, -0.2) is 4.99 Å². The van der Waals surface area contributed by atoms with Crippen LogP contribution in [0.2, 0.25) is 0 Å². The molecule has 0 aliphatic carbocycles. The zero-order valence-electron chi connectivity index (χ0n) is 13.6. The summed E-state index contributed by atoms with van der Waals surface area (Å²) >= 11 is 0. The highest BCUT2D eigenvalue weighted by Gasteiger charge is 2.30. The van der Waals surface area contributed by atoms with Crippen molar-refractivity contribution in [3.63, 3.8) is 0 Å². The minimum absolute atomic E-state index is 0. The molecule has 0 heterocycles. The van der Waals surface area contributed by atoms with Gasteiger partial charge in [0.2, 0.25) is 0 Å². The number of phenols is 1. The van der Waals surface area contributed by atoms with Crippen molar-refractivity contribution in [1.82, 2.24) is 0 Å². The van der Waals surface area contributed by atoms with E-state index in [2.05, 4.69) is 15.0 Å². The van der Waals surface area contributed by atoms with Crippen molar-refractivity contribution in [3.8, 4) is 17.2 Å². The molecule has 0 saturated heterocycles. The van der Waals surface area contributed by atoms with E-state index in [1.165, 1.54) is 25.3 Å². The highest BCUT2D eigenvalue weighted by Crippen LogP contribution is 2.25. The van der Waals surface area contributed by atoms with Gasteiger partial charge in [-0.15, -0.1) is 37.1 Å². The molecule has 0 aliphatic heterocycles. The number of methoxy groups -OCH3 is 1.